The van der Waals surface area contributed by atoms with Crippen LogP contribution in [0.5, 0.6) is 0 Å². The second-order valence-electron chi connectivity index (χ2n) is 5.70. The molecule has 130 valence electrons. The van der Waals surface area contributed by atoms with Crippen LogP contribution in [-0.2, 0) is 4.79 Å². The molecular formula is C20H17ClN3O2+. The van der Waals surface area contributed by atoms with Gasteiger partial charge in [0.15, 0.2) is 18.3 Å². The van der Waals surface area contributed by atoms with Gasteiger partial charge in [-0.2, -0.15) is 5.26 Å². The van der Waals surface area contributed by atoms with Gasteiger partial charge in [-0.15, -0.1) is 0 Å². The molecule has 1 amide bonds. The van der Waals surface area contributed by atoms with Gasteiger partial charge >= 0.3 is 0 Å². The Bertz CT molecular complexity index is 918. The first-order valence-corrected chi connectivity index (χ1v) is 8.46. The number of hydrogen-bond donors (Lipinski definition) is 2. The number of nitrogens with two attached hydrogens (primary N) is 1. The van der Waals surface area contributed by atoms with Crippen LogP contribution < -0.4 is 10.6 Å². The molecule has 3 rings (SSSR count). The summed E-state index contributed by atoms with van der Waals surface area (Å²) in [5.41, 5.74) is 1.98. The van der Waals surface area contributed by atoms with Gasteiger partial charge in [-0.25, -0.2) is 0 Å². The zero-order valence-electron chi connectivity index (χ0n) is 13.9. The number of quaternary nitrogens is 1. The fraction of sp³-hybridized carbons (Fsp3) is 0.100. The summed E-state index contributed by atoms with van der Waals surface area (Å²) in [6.45, 7) is 0.206. The summed E-state index contributed by atoms with van der Waals surface area (Å²) >= 11 is 5.99. The van der Waals surface area contributed by atoms with Crippen LogP contribution in [0.25, 0.3) is 0 Å². The minimum Gasteiger partial charge on any atom is -0.463 e. The Hall–Kier alpha value is -3.07. The normalized spacial score (nSPS) is 11.5. The second kappa shape index (κ2) is 8.34. The smallest absolute Gasteiger partial charge is 0.279 e. The first kappa shape index (κ1) is 17.7. The zero-order valence-corrected chi connectivity index (χ0v) is 14.6. The summed E-state index contributed by atoms with van der Waals surface area (Å²) in [6.07, 6.45) is 1.62. The molecule has 6 heteroatoms. The van der Waals surface area contributed by atoms with E-state index in [0.29, 0.717) is 16.3 Å². The summed E-state index contributed by atoms with van der Waals surface area (Å²) < 4.78 is 5.53. The van der Waals surface area contributed by atoms with E-state index in [9.17, 15) is 4.79 Å². The molecule has 3 N–H and O–H groups in total. The Morgan fingerprint density at radius 2 is 2.00 bits per heavy atom. The lowest BCUT2D eigenvalue weighted by Gasteiger charge is -2.14. The summed E-state index contributed by atoms with van der Waals surface area (Å²) in [5.74, 6) is 0.615. The minimum absolute atomic E-state index is 0.110. The number of anilines is 1. The van der Waals surface area contributed by atoms with E-state index in [4.69, 9.17) is 21.3 Å². The van der Waals surface area contributed by atoms with Crippen LogP contribution in [0.2, 0.25) is 5.02 Å². The van der Waals surface area contributed by atoms with E-state index in [1.165, 1.54) is 0 Å². The SMILES string of the molecule is N#Cc1ccc(NC(=O)C[NH2+][C@@H](c2ccccc2)c2ccco2)cc1Cl. The lowest BCUT2D eigenvalue weighted by molar-refractivity contribution is -0.678. The first-order valence-electron chi connectivity index (χ1n) is 8.08. The number of nitrogens with zero attached hydrogens (tertiary/aromatic N) is 1. The number of rotatable bonds is 6. The Morgan fingerprint density at radius 1 is 1.19 bits per heavy atom. The third kappa shape index (κ3) is 4.31. The second-order valence-corrected chi connectivity index (χ2v) is 6.11. The first-order chi connectivity index (χ1) is 12.7. The Labute approximate surface area is 156 Å². The molecule has 0 bridgehead atoms. The van der Waals surface area contributed by atoms with Crippen molar-refractivity contribution in [3.8, 4) is 6.07 Å². The number of carbonyl (C=O) groups is 1. The van der Waals surface area contributed by atoms with Gasteiger partial charge in [0.2, 0.25) is 0 Å². The fourth-order valence-corrected chi connectivity index (χ4v) is 2.89. The van der Waals surface area contributed by atoms with Crippen molar-refractivity contribution < 1.29 is 14.5 Å². The Balaban J connectivity index is 1.67. The molecule has 0 spiro atoms. The number of benzene rings is 2. The molecule has 0 saturated carbocycles. The highest BCUT2D eigenvalue weighted by atomic mass is 35.5. The molecule has 2 aromatic carbocycles. The van der Waals surface area contributed by atoms with Gasteiger partial charge in [0.05, 0.1) is 16.8 Å². The van der Waals surface area contributed by atoms with E-state index < -0.39 is 0 Å². The number of furan rings is 1. The van der Waals surface area contributed by atoms with Gasteiger partial charge < -0.3 is 15.1 Å². The van der Waals surface area contributed by atoms with E-state index in [1.807, 2.05) is 53.9 Å². The van der Waals surface area contributed by atoms with Crippen LogP contribution in [0.15, 0.2) is 71.3 Å². The third-order valence-electron chi connectivity index (χ3n) is 3.92. The molecular weight excluding hydrogens is 350 g/mol. The lowest BCUT2D eigenvalue weighted by Crippen LogP contribution is -2.87. The van der Waals surface area contributed by atoms with Crippen molar-refractivity contribution >= 4 is 23.2 Å². The standard InChI is InChI=1S/C20H16ClN3O2/c21-17-11-16(9-8-15(17)12-22)24-19(25)13-23-20(18-7-4-10-26-18)14-5-2-1-3-6-14/h1-11,20,23H,13H2,(H,24,25)/p+1/t20-/m0/s1. The van der Waals surface area contributed by atoms with E-state index in [1.54, 1.807) is 24.5 Å². The van der Waals surface area contributed by atoms with Crippen LogP contribution in [0.3, 0.4) is 0 Å². The van der Waals surface area contributed by atoms with E-state index in [-0.39, 0.29) is 18.5 Å². The van der Waals surface area contributed by atoms with Crippen LogP contribution >= 0.6 is 11.6 Å². The van der Waals surface area contributed by atoms with Crippen molar-refractivity contribution in [3.63, 3.8) is 0 Å². The van der Waals surface area contributed by atoms with Crippen molar-refractivity contribution in [2.24, 2.45) is 0 Å². The van der Waals surface area contributed by atoms with E-state index in [2.05, 4.69) is 5.32 Å². The molecule has 1 aromatic heterocycles. The van der Waals surface area contributed by atoms with Crippen molar-refractivity contribution in [3.05, 3.63) is 88.8 Å². The van der Waals surface area contributed by atoms with Crippen molar-refractivity contribution in [1.29, 1.82) is 5.26 Å². The molecule has 0 unspecified atom stereocenters. The predicted octanol–water partition coefficient (Wildman–Crippen LogP) is 3.10. The monoisotopic (exact) mass is 366 g/mol. The highest BCUT2D eigenvalue weighted by molar-refractivity contribution is 6.32. The number of amides is 1. The van der Waals surface area contributed by atoms with Crippen molar-refractivity contribution in [1.82, 2.24) is 0 Å². The molecule has 0 aliphatic rings. The highest BCUT2D eigenvalue weighted by Gasteiger charge is 2.21. The largest absolute Gasteiger partial charge is 0.463 e. The highest BCUT2D eigenvalue weighted by Crippen LogP contribution is 2.20. The van der Waals surface area contributed by atoms with Crippen LogP contribution in [-0.4, -0.2) is 12.5 Å². The van der Waals surface area contributed by atoms with Gasteiger partial charge in [-0.3, -0.25) is 4.79 Å². The molecule has 0 fully saturated rings. The molecule has 0 aliphatic heterocycles. The topological polar surface area (TPSA) is 82.6 Å². The number of nitrogens with one attached hydrogen (secondary N) is 1. The summed E-state index contributed by atoms with van der Waals surface area (Å²) in [5, 5.41) is 13.9. The molecule has 0 radical (unpaired) electrons. The van der Waals surface area contributed by atoms with E-state index in [0.717, 1.165) is 11.3 Å². The number of nitriles is 1. The van der Waals surface area contributed by atoms with Crippen molar-refractivity contribution in [2.75, 3.05) is 11.9 Å². The maximum Gasteiger partial charge on any atom is 0.279 e. The molecule has 0 aliphatic carbocycles. The third-order valence-corrected chi connectivity index (χ3v) is 4.23. The van der Waals surface area contributed by atoms with Gasteiger partial charge in [0.25, 0.3) is 5.91 Å². The maximum absolute atomic E-state index is 12.3. The molecule has 5 nitrogen and oxygen atoms in total. The number of carbonyl (C=O) groups excluding carboxylic acids is 1. The maximum atomic E-state index is 12.3. The van der Waals surface area contributed by atoms with Gasteiger partial charge in [0.1, 0.15) is 6.07 Å². The molecule has 1 heterocycles. The summed E-state index contributed by atoms with van der Waals surface area (Å²) in [6, 6.07) is 20.3. The predicted molar refractivity (Wildman–Crippen MR) is 98.6 cm³/mol. The van der Waals surface area contributed by atoms with Crippen LogP contribution in [0.1, 0.15) is 22.9 Å². The average Bonchev–Trinajstić information content (AvgIpc) is 3.17. The van der Waals surface area contributed by atoms with Gasteiger partial charge in [-0.05, 0) is 30.3 Å². The lowest BCUT2D eigenvalue weighted by atomic mass is 10.0. The molecule has 26 heavy (non-hydrogen) atoms. The Morgan fingerprint density at radius 3 is 2.65 bits per heavy atom. The Kier molecular flexibility index (Phi) is 5.69. The molecule has 0 saturated heterocycles. The van der Waals surface area contributed by atoms with Gasteiger partial charge in [-0.1, -0.05) is 41.9 Å². The van der Waals surface area contributed by atoms with Crippen molar-refractivity contribution in [2.45, 2.75) is 6.04 Å². The molecule has 3 aromatic rings. The average molecular weight is 367 g/mol. The van der Waals surface area contributed by atoms with Crippen LogP contribution in [0, 0.1) is 11.3 Å². The summed E-state index contributed by atoms with van der Waals surface area (Å²) in [7, 11) is 0. The fourth-order valence-electron chi connectivity index (χ4n) is 2.67. The molecule has 1 atom stereocenters. The van der Waals surface area contributed by atoms with E-state index >= 15 is 0 Å². The number of hydrogen-bond acceptors (Lipinski definition) is 3. The number of halogens is 1. The minimum atomic E-state index is -0.168. The van der Waals surface area contributed by atoms with Gasteiger partial charge in [0, 0.05) is 11.3 Å². The quantitative estimate of drug-likeness (QED) is 0.703. The summed E-state index contributed by atoms with van der Waals surface area (Å²) in [4.78, 5) is 12.3. The zero-order chi connectivity index (χ0) is 18.4. The van der Waals surface area contributed by atoms with Crippen LogP contribution in [0.4, 0.5) is 5.69 Å².